The molecule has 2 fully saturated rings. The second kappa shape index (κ2) is 6.27. The summed E-state index contributed by atoms with van der Waals surface area (Å²) in [6.45, 7) is -0.0181. The van der Waals surface area contributed by atoms with Crippen LogP contribution in [0.25, 0.3) is 0 Å². The molecule has 1 aliphatic heterocycles. The van der Waals surface area contributed by atoms with Crippen LogP contribution in [0.4, 0.5) is 20.2 Å². The average molecular weight is 327 g/mol. The van der Waals surface area contributed by atoms with E-state index in [0.29, 0.717) is 17.8 Å². The highest BCUT2D eigenvalue weighted by molar-refractivity contribution is 5.58. The molecule has 1 aromatic rings. The second-order valence-corrected chi connectivity index (χ2v) is 6.17. The van der Waals surface area contributed by atoms with Crippen LogP contribution in [-0.4, -0.2) is 41.1 Å². The summed E-state index contributed by atoms with van der Waals surface area (Å²) < 4.78 is 29.1. The Kier molecular flexibility index (Phi) is 4.34. The predicted octanol–water partition coefficient (Wildman–Crippen LogP) is 3.23. The van der Waals surface area contributed by atoms with Crippen LogP contribution < -0.4 is 10.1 Å². The van der Waals surface area contributed by atoms with Crippen molar-refractivity contribution in [3.63, 3.8) is 0 Å². The third-order valence-corrected chi connectivity index (χ3v) is 4.38. The van der Waals surface area contributed by atoms with Gasteiger partial charge in [-0.15, -0.1) is 0 Å². The molecule has 6 nitrogen and oxygen atoms in total. The van der Waals surface area contributed by atoms with Gasteiger partial charge in [0, 0.05) is 42.5 Å². The number of nitrogens with zero attached hydrogens (tertiary/aromatic N) is 2. The Hall–Kier alpha value is -1.96. The predicted molar refractivity (Wildman–Crippen MR) is 80.9 cm³/mol. The van der Waals surface area contributed by atoms with E-state index in [9.17, 15) is 18.9 Å². The Balaban J connectivity index is 1.71. The molecule has 0 spiro atoms. The summed E-state index contributed by atoms with van der Waals surface area (Å²) in [4.78, 5) is 12.6. The van der Waals surface area contributed by atoms with Crippen molar-refractivity contribution in [2.24, 2.45) is 0 Å². The number of hydrogen-bond acceptors (Lipinski definition) is 5. The van der Waals surface area contributed by atoms with E-state index in [2.05, 4.69) is 21.9 Å². The maximum Gasteiger partial charge on any atom is 0.387 e. The topological polar surface area (TPSA) is 67.6 Å². The van der Waals surface area contributed by atoms with E-state index >= 15 is 0 Å². The summed E-state index contributed by atoms with van der Waals surface area (Å²) >= 11 is 0. The number of alkyl halides is 2. The minimum atomic E-state index is -3.10. The Morgan fingerprint density at radius 1 is 1.43 bits per heavy atom. The van der Waals surface area contributed by atoms with Crippen molar-refractivity contribution in [1.29, 1.82) is 0 Å². The summed E-state index contributed by atoms with van der Waals surface area (Å²) in [5, 5.41) is 14.2. The summed E-state index contributed by atoms with van der Waals surface area (Å²) in [5.74, 6) is -0.417. The molecular weight excluding hydrogens is 308 g/mol. The van der Waals surface area contributed by atoms with Gasteiger partial charge in [0.2, 0.25) is 5.75 Å². The number of anilines is 1. The smallest absolute Gasteiger partial charge is 0.387 e. The molecule has 0 bridgehead atoms. The fraction of sp³-hybridized carbons (Fsp3) is 0.600. The van der Waals surface area contributed by atoms with E-state index in [-0.39, 0.29) is 6.04 Å². The number of benzene rings is 1. The molecule has 2 aliphatic rings. The first kappa shape index (κ1) is 15.9. The number of nitrogens with one attached hydrogen (secondary N) is 1. The number of rotatable bonds is 6. The van der Waals surface area contributed by atoms with Crippen molar-refractivity contribution >= 4 is 11.4 Å². The monoisotopic (exact) mass is 327 g/mol. The highest BCUT2D eigenvalue weighted by Crippen LogP contribution is 2.35. The SMILES string of the molecule is CC1CC(Nc2ccc([N+](=O)[O-])c(OC(F)F)c2)CN1C1CC1. The number of halogens is 2. The lowest BCUT2D eigenvalue weighted by Gasteiger charge is -2.20. The molecule has 8 heteroatoms. The molecule has 1 aliphatic carbocycles. The molecule has 1 heterocycles. The van der Waals surface area contributed by atoms with Gasteiger partial charge in [-0.2, -0.15) is 8.78 Å². The van der Waals surface area contributed by atoms with Gasteiger partial charge < -0.3 is 10.1 Å². The fourth-order valence-electron chi connectivity index (χ4n) is 3.26. The molecule has 1 saturated carbocycles. The molecule has 2 unspecified atom stereocenters. The third kappa shape index (κ3) is 3.69. The van der Waals surface area contributed by atoms with Crippen LogP contribution in [0, 0.1) is 10.1 Å². The lowest BCUT2D eigenvalue weighted by Crippen LogP contribution is -2.31. The van der Waals surface area contributed by atoms with Crippen molar-refractivity contribution in [2.75, 3.05) is 11.9 Å². The summed E-state index contributed by atoms with van der Waals surface area (Å²) in [5.41, 5.74) is 0.0938. The lowest BCUT2D eigenvalue weighted by atomic mass is 10.1. The van der Waals surface area contributed by atoms with E-state index < -0.39 is 23.0 Å². The van der Waals surface area contributed by atoms with Gasteiger partial charge in [0.05, 0.1) is 4.92 Å². The van der Waals surface area contributed by atoms with Gasteiger partial charge in [0.25, 0.3) is 0 Å². The van der Waals surface area contributed by atoms with Gasteiger partial charge in [-0.3, -0.25) is 15.0 Å². The zero-order valence-corrected chi connectivity index (χ0v) is 12.7. The first-order valence-electron chi connectivity index (χ1n) is 7.69. The molecular formula is C15H19F2N3O3. The van der Waals surface area contributed by atoms with Crippen molar-refractivity contribution < 1.29 is 18.4 Å². The second-order valence-electron chi connectivity index (χ2n) is 6.17. The molecule has 0 amide bonds. The van der Waals surface area contributed by atoms with Crippen LogP contribution in [0.5, 0.6) is 5.75 Å². The largest absolute Gasteiger partial charge is 0.427 e. The molecule has 126 valence electrons. The first-order chi connectivity index (χ1) is 10.9. The first-order valence-corrected chi connectivity index (χ1v) is 7.69. The van der Waals surface area contributed by atoms with Crippen LogP contribution in [0.3, 0.4) is 0 Å². The molecule has 0 radical (unpaired) electrons. The summed E-state index contributed by atoms with van der Waals surface area (Å²) in [6.07, 6.45) is 3.43. The zero-order chi connectivity index (χ0) is 16.6. The molecule has 0 aromatic heterocycles. The van der Waals surface area contributed by atoms with Crippen LogP contribution in [0.1, 0.15) is 26.2 Å². The van der Waals surface area contributed by atoms with Gasteiger partial charge >= 0.3 is 12.3 Å². The zero-order valence-electron chi connectivity index (χ0n) is 12.7. The quantitative estimate of drug-likeness (QED) is 0.642. The van der Waals surface area contributed by atoms with Crippen molar-refractivity contribution in [1.82, 2.24) is 4.90 Å². The average Bonchev–Trinajstić information content (AvgIpc) is 3.22. The number of likely N-dealkylation sites (tertiary alicyclic amines) is 1. The molecule has 1 saturated heterocycles. The van der Waals surface area contributed by atoms with Crippen LogP contribution in [0.2, 0.25) is 0 Å². The third-order valence-electron chi connectivity index (χ3n) is 4.38. The maximum atomic E-state index is 12.4. The maximum absolute atomic E-state index is 12.4. The Morgan fingerprint density at radius 2 is 2.17 bits per heavy atom. The number of nitro benzene ring substituents is 1. The molecule has 3 rings (SSSR count). The number of ether oxygens (including phenoxy) is 1. The van der Waals surface area contributed by atoms with Crippen LogP contribution >= 0.6 is 0 Å². The van der Waals surface area contributed by atoms with Gasteiger partial charge in [0.15, 0.2) is 0 Å². The van der Waals surface area contributed by atoms with Gasteiger partial charge in [0.1, 0.15) is 0 Å². The van der Waals surface area contributed by atoms with Gasteiger partial charge in [-0.05, 0) is 32.3 Å². The summed E-state index contributed by atoms with van der Waals surface area (Å²) in [7, 11) is 0. The number of nitro groups is 1. The minimum absolute atomic E-state index is 0.200. The van der Waals surface area contributed by atoms with E-state index in [4.69, 9.17) is 0 Å². The Bertz CT molecular complexity index is 595. The van der Waals surface area contributed by atoms with Crippen molar-refractivity contribution in [3.8, 4) is 5.75 Å². The van der Waals surface area contributed by atoms with E-state index in [0.717, 1.165) is 13.0 Å². The lowest BCUT2D eigenvalue weighted by molar-refractivity contribution is -0.386. The van der Waals surface area contributed by atoms with Crippen molar-refractivity contribution in [2.45, 2.75) is 50.9 Å². The van der Waals surface area contributed by atoms with Crippen LogP contribution in [0.15, 0.2) is 18.2 Å². The Labute approximate surface area is 132 Å². The van der Waals surface area contributed by atoms with E-state index in [1.54, 1.807) is 0 Å². The summed E-state index contributed by atoms with van der Waals surface area (Å²) in [6, 6.07) is 5.35. The van der Waals surface area contributed by atoms with E-state index in [1.807, 2.05) is 0 Å². The molecule has 1 aromatic carbocycles. The normalized spacial score (nSPS) is 24.9. The van der Waals surface area contributed by atoms with Gasteiger partial charge in [-0.25, -0.2) is 0 Å². The number of hydrogen-bond donors (Lipinski definition) is 1. The van der Waals surface area contributed by atoms with Crippen molar-refractivity contribution in [3.05, 3.63) is 28.3 Å². The molecule has 2 atom stereocenters. The Morgan fingerprint density at radius 3 is 2.78 bits per heavy atom. The minimum Gasteiger partial charge on any atom is -0.427 e. The van der Waals surface area contributed by atoms with Gasteiger partial charge in [-0.1, -0.05) is 0 Å². The highest BCUT2D eigenvalue weighted by Gasteiger charge is 2.38. The molecule has 1 N–H and O–H groups in total. The van der Waals surface area contributed by atoms with Crippen LogP contribution in [-0.2, 0) is 0 Å². The molecule has 23 heavy (non-hydrogen) atoms. The van der Waals surface area contributed by atoms with E-state index in [1.165, 1.54) is 31.0 Å². The standard InChI is InChI=1S/C15H19F2N3O3/c1-9-6-11(8-19(9)12-3-4-12)18-10-2-5-13(20(21)22)14(7-10)23-15(16)17/h2,5,7,9,11-12,15,18H,3-4,6,8H2,1H3. The fourth-order valence-corrected chi connectivity index (χ4v) is 3.26. The highest BCUT2D eigenvalue weighted by atomic mass is 19.3.